The minimum Gasteiger partial charge on any atom is -0.355 e. The average molecular weight is 451 g/mol. The van der Waals surface area contributed by atoms with Gasteiger partial charge < -0.3 is 20.9 Å². The number of fused-ring (bicyclic) bond motifs is 3. The van der Waals surface area contributed by atoms with Crippen molar-refractivity contribution in [3.8, 4) is 6.07 Å². The summed E-state index contributed by atoms with van der Waals surface area (Å²) >= 11 is 0. The molecule has 33 heavy (non-hydrogen) atoms. The predicted octanol–water partition coefficient (Wildman–Crippen LogP) is 0.233. The molecule has 4 fully saturated rings. The van der Waals surface area contributed by atoms with Crippen molar-refractivity contribution in [2.45, 2.75) is 62.4 Å². The van der Waals surface area contributed by atoms with Crippen LogP contribution in [0.2, 0.25) is 0 Å². The van der Waals surface area contributed by atoms with Gasteiger partial charge >= 0.3 is 0 Å². The van der Waals surface area contributed by atoms with E-state index in [-0.39, 0.29) is 47.9 Å². The molecule has 2 bridgehead atoms. The van der Waals surface area contributed by atoms with Gasteiger partial charge in [-0.15, -0.1) is 0 Å². The maximum Gasteiger partial charge on any atom is 0.251 e. The number of hydrogen-bond acceptors (Lipinski definition) is 6. The Bertz CT molecular complexity index is 1020. The van der Waals surface area contributed by atoms with Gasteiger partial charge in [-0.2, -0.15) is 5.26 Å². The van der Waals surface area contributed by atoms with Crippen molar-refractivity contribution in [2.75, 3.05) is 20.1 Å². The van der Waals surface area contributed by atoms with Crippen molar-refractivity contribution < 1.29 is 14.4 Å². The minimum atomic E-state index is -0.726. The Morgan fingerprint density at radius 3 is 2.61 bits per heavy atom. The van der Waals surface area contributed by atoms with Crippen LogP contribution in [0.1, 0.15) is 48.1 Å². The fourth-order valence-corrected chi connectivity index (χ4v) is 6.03. The molecule has 1 aliphatic carbocycles. The highest BCUT2D eigenvalue weighted by Gasteiger charge is 2.56. The maximum atomic E-state index is 13.2. The third-order valence-electron chi connectivity index (χ3n) is 7.87. The molecule has 1 aromatic carbocycles. The summed E-state index contributed by atoms with van der Waals surface area (Å²) in [6.07, 6.45) is 2.46. The number of rotatable bonds is 6. The van der Waals surface area contributed by atoms with E-state index in [0.717, 1.165) is 24.8 Å². The van der Waals surface area contributed by atoms with Gasteiger partial charge in [0.05, 0.1) is 24.2 Å². The lowest BCUT2D eigenvalue weighted by molar-refractivity contribution is -0.141. The number of carbonyl (C=O) groups excluding carboxylic acids is 3. The van der Waals surface area contributed by atoms with Crippen LogP contribution >= 0.6 is 0 Å². The molecular formula is C24H30N6O3. The summed E-state index contributed by atoms with van der Waals surface area (Å²) in [5.41, 5.74) is 7.86. The number of nitriles is 1. The highest BCUT2D eigenvalue weighted by atomic mass is 16.2. The maximum absolute atomic E-state index is 13.2. The van der Waals surface area contributed by atoms with Crippen molar-refractivity contribution >= 4 is 17.7 Å². The van der Waals surface area contributed by atoms with Crippen LogP contribution < -0.4 is 11.1 Å². The van der Waals surface area contributed by atoms with E-state index in [2.05, 4.69) is 11.4 Å². The first-order valence-corrected chi connectivity index (χ1v) is 11.7. The third-order valence-corrected chi connectivity index (χ3v) is 7.87. The first kappa shape index (κ1) is 21.9. The minimum absolute atomic E-state index is 0.0621. The summed E-state index contributed by atoms with van der Waals surface area (Å²) in [5.74, 6) is 0.213. The zero-order chi connectivity index (χ0) is 23.4. The Morgan fingerprint density at radius 1 is 1.24 bits per heavy atom. The number of nitrogens with two attached hydrogens (primary N) is 1. The standard InChI is InChI=1S/C24H30N6O3/c1-13(14-3-5-15(6-4-14)22(31)27-2)29-18-9-21(24(29)33)28(11-18)12-19(26)23(32)30-17(10-25)7-16-8-20(16)30/h3-6,13,16-21H,7-9,11-12,26H2,1-2H3,(H,27,31)/t13-,16?,17+,18-,19+,20+,21-/m1/s1. The molecule has 7 atom stereocenters. The van der Waals surface area contributed by atoms with E-state index in [0.29, 0.717) is 24.6 Å². The summed E-state index contributed by atoms with van der Waals surface area (Å²) in [6.45, 7) is 3.03. The summed E-state index contributed by atoms with van der Waals surface area (Å²) in [6, 6.07) is 8.38. The van der Waals surface area contributed by atoms with E-state index in [9.17, 15) is 19.6 Å². The molecule has 1 unspecified atom stereocenters. The van der Waals surface area contributed by atoms with Gasteiger partial charge in [-0.1, -0.05) is 12.1 Å². The van der Waals surface area contributed by atoms with Crippen molar-refractivity contribution in [2.24, 2.45) is 11.7 Å². The van der Waals surface area contributed by atoms with Crippen molar-refractivity contribution in [1.29, 1.82) is 5.26 Å². The van der Waals surface area contributed by atoms with E-state index in [1.165, 1.54) is 0 Å². The number of piperazine rings is 1. The van der Waals surface area contributed by atoms with Gasteiger partial charge in [-0.05, 0) is 49.8 Å². The van der Waals surface area contributed by atoms with Crippen LogP contribution in [0.25, 0.3) is 0 Å². The van der Waals surface area contributed by atoms with Gasteiger partial charge in [-0.25, -0.2) is 0 Å². The van der Waals surface area contributed by atoms with Gasteiger partial charge in [0.15, 0.2) is 0 Å². The molecule has 3 saturated heterocycles. The first-order chi connectivity index (χ1) is 15.8. The molecule has 3 aliphatic heterocycles. The molecule has 1 aromatic rings. The summed E-state index contributed by atoms with van der Waals surface area (Å²) in [7, 11) is 1.60. The molecule has 9 heteroatoms. The highest BCUT2D eigenvalue weighted by molar-refractivity contribution is 5.94. The Morgan fingerprint density at radius 2 is 1.97 bits per heavy atom. The fraction of sp³-hybridized carbons (Fsp3) is 0.583. The van der Waals surface area contributed by atoms with Crippen LogP contribution in [-0.2, 0) is 9.59 Å². The first-order valence-electron chi connectivity index (χ1n) is 11.7. The Balaban J connectivity index is 1.21. The zero-order valence-corrected chi connectivity index (χ0v) is 19.0. The quantitative estimate of drug-likeness (QED) is 0.640. The number of hydrogen-bond donors (Lipinski definition) is 2. The lowest BCUT2D eigenvalue weighted by atomic mass is 10.0. The smallest absolute Gasteiger partial charge is 0.251 e. The molecule has 0 aromatic heterocycles. The van der Waals surface area contributed by atoms with E-state index in [4.69, 9.17) is 5.73 Å². The number of likely N-dealkylation sites (tertiary alicyclic amines) is 3. The Labute approximate surface area is 193 Å². The van der Waals surface area contributed by atoms with Gasteiger partial charge in [0, 0.05) is 37.8 Å². The van der Waals surface area contributed by atoms with Gasteiger partial charge in [0.2, 0.25) is 11.8 Å². The molecule has 3 amide bonds. The zero-order valence-electron chi connectivity index (χ0n) is 19.0. The highest BCUT2D eigenvalue weighted by Crippen LogP contribution is 2.48. The molecule has 4 aliphatic rings. The van der Waals surface area contributed by atoms with Crippen LogP contribution in [0.15, 0.2) is 24.3 Å². The van der Waals surface area contributed by atoms with Crippen molar-refractivity contribution in [1.82, 2.24) is 20.0 Å². The molecule has 1 saturated carbocycles. The Kier molecular flexibility index (Phi) is 5.38. The molecule has 9 nitrogen and oxygen atoms in total. The Hall–Kier alpha value is -2.96. The second-order valence-corrected chi connectivity index (χ2v) is 9.78. The van der Waals surface area contributed by atoms with E-state index >= 15 is 0 Å². The summed E-state index contributed by atoms with van der Waals surface area (Å²) in [5, 5.41) is 12.0. The van der Waals surface area contributed by atoms with Crippen molar-refractivity contribution in [3.05, 3.63) is 35.4 Å². The molecule has 3 heterocycles. The normalized spacial score (nSPS) is 31.8. The van der Waals surface area contributed by atoms with Crippen LogP contribution in [0.5, 0.6) is 0 Å². The lowest BCUT2D eigenvalue weighted by Gasteiger charge is -2.38. The van der Waals surface area contributed by atoms with Gasteiger partial charge in [0.25, 0.3) is 5.91 Å². The van der Waals surface area contributed by atoms with Gasteiger partial charge in [0.1, 0.15) is 6.04 Å². The van der Waals surface area contributed by atoms with Crippen LogP contribution in [0.3, 0.4) is 0 Å². The average Bonchev–Trinajstić information content (AvgIpc) is 3.15. The second-order valence-electron chi connectivity index (χ2n) is 9.78. The molecule has 3 N–H and O–H groups in total. The van der Waals surface area contributed by atoms with E-state index < -0.39 is 6.04 Å². The third kappa shape index (κ3) is 3.58. The van der Waals surface area contributed by atoms with Crippen LogP contribution in [0, 0.1) is 17.2 Å². The van der Waals surface area contributed by atoms with Crippen molar-refractivity contribution in [3.63, 3.8) is 0 Å². The number of benzene rings is 1. The van der Waals surface area contributed by atoms with E-state index in [1.807, 2.05) is 28.9 Å². The van der Waals surface area contributed by atoms with Crippen LogP contribution in [0.4, 0.5) is 0 Å². The molecule has 0 radical (unpaired) electrons. The summed E-state index contributed by atoms with van der Waals surface area (Å²) < 4.78 is 0. The van der Waals surface area contributed by atoms with Crippen LogP contribution in [-0.4, -0.2) is 82.8 Å². The molecule has 0 spiro atoms. The SMILES string of the molecule is CNC(=O)c1ccc([C@@H](C)N2C(=O)[C@H]3C[C@@H]2CN3C[C@H](N)C(=O)N2[C@H](C#N)CC3C[C@@H]32)cc1. The number of carbonyl (C=O) groups is 3. The monoisotopic (exact) mass is 450 g/mol. The summed E-state index contributed by atoms with van der Waals surface area (Å²) in [4.78, 5) is 43.7. The molecule has 174 valence electrons. The fourth-order valence-electron chi connectivity index (χ4n) is 6.03. The lowest BCUT2D eigenvalue weighted by Crippen LogP contribution is -2.57. The second kappa shape index (κ2) is 8.12. The van der Waals surface area contributed by atoms with Gasteiger partial charge in [-0.3, -0.25) is 19.3 Å². The number of nitrogens with zero attached hydrogens (tertiary/aromatic N) is 4. The number of amides is 3. The molecule has 5 rings (SSSR count). The largest absolute Gasteiger partial charge is 0.355 e. The topological polar surface area (TPSA) is 123 Å². The van der Waals surface area contributed by atoms with E-state index in [1.54, 1.807) is 24.1 Å². The predicted molar refractivity (Wildman–Crippen MR) is 120 cm³/mol. The number of nitrogens with one attached hydrogen (secondary N) is 1. The number of piperidine rings is 1. The molecular weight excluding hydrogens is 420 g/mol.